The lowest BCUT2D eigenvalue weighted by molar-refractivity contribution is 0.667. The van der Waals surface area contributed by atoms with Crippen LogP contribution in [-0.4, -0.2) is 4.57 Å². The van der Waals surface area contributed by atoms with Gasteiger partial charge >= 0.3 is 0 Å². The van der Waals surface area contributed by atoms with Crippen molar-refractivity contribution in [3.63, 3.8) is 0 Å². The molecular formula is C54H33NO2. The van der Waals surface area contributed by atoms with Crippen LogP contribution in [0.4, 0.5) is 0 Å². The minimum Gasteiger partial charge on any atom is -0.456 e. The molecule has 0 amide bonds. The molecule has 3 heterocycles. The van der Waals surface area contributed by atoms with E-state index in [0.717, 1.165) is 82.9 Å². The number of rotatable bonds is 5. The van der Waals surface area contributed by atoms with E-state index in [9.17, 15) is 0 Å². The van der Waals surface area contributed by atoms with E-state index in [1.807, 2.05) is 12.1 Å². The minimum absolute atomic E-state index is 0.852. The van der Waals surface area contributed by atoms with Gasteiger partial charge in [-0.2, -0.15) is 0 Å². The molecule has 0 aliphatic rings. The predicted octanol–water partition coefficient (Wildman–Crippen LogP) is 15.3. The van der Waals surface area contributed by atoms with E-state index in [0.29, 0.717) is 0 Å². The number of hydrogen-bond donors (Lipinski definition) is 0. The Morgan fingerprint density at radius 3 is 1.53 bits per heavy atom. The number of benzene rings is 9. The molecule has 0 fully saturated rings. The van der Waals surface area contributed by atoms with Gasteiger partial charge in [0.1, 0.15) is 16.7 Å². The summed E-state index contributed by atoms with van der Waals surface area (Å²) in [5.74, 6) is 0. The summed E-state index contributed by atoms with van der Waals surface area (Å²) >= 11 is 0. The quantitative estimate of drug-likeness (QED) is 0.177. The lowest BCUT2D eigenvalue weighted by atomic mass is 9.94. The van der Waals surface area contributed by atoms with Crippen molar-refractivity contribution in [2.75, 3.05) is 0 Å². The number of furan rings is 2. The SMILES string of the molecule is c1ccc(-c2ccc3c(c2)c2cc(-c4ccccc4)ccc2n3-c2cccc3c2oc2c(-c4ccccc4)ccc(-c4ccc5oc6ccccc6c5c4)c23)cc1. The summed E-state index contributed by atoms with van der Waals surface area (Å²) in [6.07, 6.45) is 0. The van der Waals surface area contributed by atoms with Crippen molar-refractivity contribution < 1.29 is 8.83 Å². The van der Waals surface area contributed by atoms with Gasteiger partial charge in [0, 0.05) is 37.9 Å². The molecule has 0 aliphatic carbocycles. The van der Waals surface area contributed by atoms with Gasteiger partial charge in [-0.05, 0) is 93.5 Å². The highest BCUT2D eigenvalue weighted by Gasteiger charge is 2.23. The molecule has 0 saturated carbocycles. The van der Waals surface area contributed by atoms with Crippen LogP contribution in [0.1, 0.15) is 0 Å². The highest BCUT2D eigenvalue weighted by atomic mass is 16.3. The van der Waals surface area contributed by atoms with E-state index < -0.39 is 0 Å². The molecular weight excluding hydrogens is 695 g/mol. The Hall–Kier alpha value is -7.62. The fraction of sp³-hybridized carbons (Fsp3) is 0. The molecule has 0 atom stereocenters. The van der Waals surface area contributed by atoms with Crippen molar-refractivity contribution in [3.05, 3.63) is 200 Å². The molecule has 0 saturated heterocycles. The molecule has 0 bridgehead atoms. The van der Waals surface area contributed by atoms with Crippen LogP contribution in [-0.2, 0) is 0 Å². The molecule has 266 valence electrons. The largest absolute Gasteiger partial charge is 0.456 e. The zero-order valence-corrected chi connectivity index (χ0v) is 30.8. The van der Waals surface area contributed by atoms with Gasteiger partial charge in [0.2, 0.25) is 0 Å². The van der Waals surface area contributed by atoms with Crippen molar-refractivity contribution in [1.82, 2.24) is 4.57 Å². The van der Waals surface area contributed by atoms with Crippen molar-refractivity contribution in [2.45, 2.75) is 0 Å². The molecule has 12 rings (SSSR count). The highest BCUT2D eigenvalue weighted by molar-refractivity contribution is 6.20. The first-order valence-corrected chi connectivity index (χ1v) is 19.4. The minimum atomic E-state index is 0.852. The molecule has 3 aromatic heterocycles. The molecule has 3 nitrogen and oxygen atoms in total. The second-order valence-corrected chi connectivity index (χ2v) is 14.8. The number of hydrogen-bond acceptors (Lipinski definition) is 2. The van der Waals surface area contributed by atoms with Crippen LogP contribution in [0.5, 0.6) is 0 Å². The average molecular weight is 728 g/mol. The second-order valence-electron chi connectivity index (χ2n) is 14.8. The van der Waals surface area contributed by atoms with E-state index in [1.54, 1.807) is 0 Å². The average Bonchev–Trinajstić information content (AvgIpc) is 3.96. The van der Waals surface area contributed by atoms with Gasteiger partial charge in [-0.1, -0.05) is 146 Å². The molecule has 12 aromatic rings. The Balaban J connectivity index is 1.15. The van der Waals surface area contributed by atoms with Gasteiger partial charge in [0.05, 0.1) is 16.7 Å². The standard InChI is InChI=1S/C54H33NO2/c1-4-13-34(14-5-1)37-23-28-47-44(31-37)45-32-38(35-15-6-2-7-16-35)24-29-48(45)55(47)49-21-12-20-43-52-40(26-27-41(54(52)57-53(43)49)36-17-8-3-9-18-36)39-25-30-51-46(33-39)42-19-10-11-22-50(42)56-51/h1-33H. The van der Waals surface area contributed by atoms with Gasteiger partial charge in [-0.25, -0.2) is 0 Å². The van der Waals surface area contributed by atoms with E-state index in [2.05, 4.69) is 193 Å². The third-order valence-corrected chi connectivity index (χ3v) is 11.6. The maximum Gasteiger partial charge on any atom is 0.159 e. The van der Waals surface area contributed by atoms with E-state index in [1.165, 1.54) is 33.0 Å². The van der Waals surface area contributed by atoms with Crippen molar-refractivity contribution >= 4 is 65.7 Å². The monoisotopic (exact) mass is 727 g/mol. The number of para-hydroxylation sites is 2. The first kappa shape index (κ1) is 31.7. The van der Waals surface area contributed by atoms with Gasteiger partial charge in [0.25, 0.3) is 0 Å². The Morgan fingerprint density at radius 1 is 0.298 bits per heavy atom. The first-order chi connectivity index (χ1) is 28.3. The summed E-state index contributed by atoms with van der Waals surface area (Å²) in [6, 6.07) is 71.4. The molecule has 3 heteroatoms. The molecule has 0 radical (unpaired) electrons. The fourth-order valence-electron chi connectivity index (χ4n) is 8.95. The Morgan fingerprint density at radius 2 is 0.842 bits per heavy atom. The van der Waals surface area contributed by atoms with Crippen LogP contribution >= 0.6 is 0 Å². The number of fused-ring (bicyclic) bond motifs is 9. The van der Waals surface area contributed by atoms with Gasteiger partial charge in [-0.3, -0.25) is 0 Å². The molecule has 57 heavy (non-hydrogen) atoms. The van der Waals surface area contributed by atoms with Gasteiger partial charge in [0.15, 0.2) is 5.58 Å². The maximum atomic E-state index is 7.24. The predicted molar refractivity (Wildman–Crippen MR) is 237 cm³/mol. The Bertz CT molecular complexity index is 3400. The lowest BCUT2D eigenvalue weighted by Gasteiger charge is -2.10. The smallest absolute Gasteiger partial charge is 0.159 e. The van der Waals surface area contributed by atoms with E-state index in [-0.39, 0.29) is 0 Å². The highest BCUT2D eigenvalue weighted by Crippen LogP contribution is 2.46. The molecule has 9 aromatic carbocycles. The van der Waals surface area contributed by atoms with Crippen molar-refractivity contribution in [1.29, 1.82) is 0 Å². The van der Waals surface area contributed by atoms with E-state index in [4.69, 9.17) is 8.83 Å². The maximum absolute atomic E-state index is 7.24. The van der Waals surface area contributed by atoms with E-state index >= 15 is 0 Å². The van der Waals surface area contributed by atoms with Crippen LogP contribution in [0.3, 0.4) is 0 Å². The zero-order chi connectivity index (χ0) is 37.5. The van der Waals surface area contributed by atoms with Crippen LogP contribution < -0.4 is 0 Å². The summed E-state index contributed by atoms with van der Waals surface area (Å²) in [5.41, 5.74) is 15.9. The van der Waals surface area contributed by atoms with Crippen LogP contribution in [0, 0.1) is 0 Å². The van der Waals surface area contributed by atoms with Crippen LogP contribution in [0.25, 0.3) is 116 Å². The molecule has 0 N–H and O–H groups in total. The van der Waals surface area contributed by atoms with Crippen molar-refractivity contribution in [2.24, 2.45) is 0 Å². The summed E-state index contributed by atoms with van der Waals surface area (Å²) in [5, 5.41) is 6.78. The Kier molecular flexibility index (Phi) is 6.93. The molecule has 0 spiro atoms. The summed E-state index contributed by atoms with van der Waals surface area (Å²) < 4.78 is 15.9. The van der Waals surface area contributed by atoms with Gasteiger partial charge in [-0.15, -0.1) is 0 Å². The normalized spacial score (nSPS) is 11.9. The third kappa shape index (κ3) is 4.92. The van der Waals surface area contributed by atoms with Gasteiger partial charge < -0.3 is 13.4 Å². The fourth-order valence-corrected chi connectivity index (χ4v) is 8.95. The summed E-state index contributed by atoms with van der Waals surface area (Å²) in [7, 11) is 0. The Labute approximate surface area is 328 Å². The lowest BCUT2D eigenvalue weighted by Crippen LogP contribution is -1.94. The molecule has 0 unspecified atom stereocenters. The molecule has 0 aliphatic heterocycles. The summed E-state index contributed by atoms with van der Waals surface area (Å²) in [6.45, 7) is 0. The first-order valence-electron chi connectivity index (χ1n) is 19.4. The zero-order valence-electron chi connectivity index (χ0n) is 30.8. The van der Waals surface area contributed by atoms with Crippen LogP contribution in [0.2, 0.25) is 0 Å². The number of aromatic nitrogens is 1. The summed E-state index contributed by atoms with van der Waals surface area (Å²) in [4.78, 5) is 0. The third-order valence-electron chi connectivity index (χ3n) is 11.6. The second kappa shape index (κ2) is 12.5. The topological polar surface area (TPSA) is 31.2 Å². The van der Waals surface area contributed by atoms with Crippen molar-refractivity contribution in [3.8, 4) is 50.2 Å². The van der Waals surface area contributed by atoms with Crippen LogP contribution in [0.15, 0.2) is 209 Å². The number of nitrogens with zero attached hydrogens (tertiary/aromatic N) is 1.